The number of fused-ring (bicyclic) bond motifs is 1. The molecule has 110 valence electrons. The van der Waals surface area contributed by atoms with Crippen molar-refractivity contribution in [2.75, 3.05) is 7.11 Å². The Kier molecular flexibility index (Phi) is 4.10. The molecule has 0 aliphatic rings. The van der Waals surface area contributed by atoms with Gasteiger partial charge in [-0.1, -0.05) is 0 Å². The van der Waals surface area contributed by atoms with Gasteiger partial charge in [0.2, 0.25) is 0 Å². The lowest BCUT2D eigenvalue weighted by Gasteiger charge is -2.17. The van der Waals surface area contributed by atoms with E-state index in [1.54, 1.807) is 0 Å². The van der Waals surface area contributed by atoms with E-state index in [2.05, 4.69) is 9.72 Å². The number of benzene rings is 1. The van der Waals surface area contributed by atoms with Crippen molar-refractivity contribution in [3.05, 3.63) is 46.1 Å². The summed E-state index contributed by atoms with van der Waals surface area (Å²) >= 11 is 0. The summed E-state index contributed by atoms with van der Waals surface area (Å²) in [7, 11) is 1.07. The summed E-state index contributed by atoms with van der Waals surface area (Å²) in [6.45, 7) is 0. The lowest BCUT2D eigenvalue weighted by molar-refractivity contribution is -0.383. The van der Waals surface area contributed by atoms with Gasteiger partial charge in [-0.25, -0.2) is 4.79 Å². The molecule has 2 unspecified atom stereocenters. The maximum Gasteiger partial charge on any atom is 0.337 e. The van der Waals surface area contributed by atoms with Crippen LogP contribution < -0.4 is 0 Å². The Morgan fingerprint density at radius 2 is 2.10 bits per heavy atom. The Morgan fingerprint density at radius 1 is 1.38 bits per heavy atom. The van der Waals surface area contributed by atoms with Gasteiger partial charge in [0.05, 0.1) is 22.9 Å². The predicted octanol–water partition coefficient (Wildman–Crippen LogP) is 0.710. The highest BCUT2D eigenvalue weighted by atomic mass is 16.6. The molecule has 2 N–H and O–H groups in total. The van der Waals surface area contributed by atoms with Gasteiger partial charge in [0.1, 0.15) is 6.10 Å². The molecule has 2 aromatic rings. The number of esters is 1. The topological polar surface area (TPSA) is 123 Å². The molecule has 21 heavy (non-hydrogen) atoms. The first-order valence-electron chi connectivity index (χ1n) is 5.93. The van der Waals surface area contributed by atoms with Crippen molar-refractivity contribution in [1.29, 1.82) is 0 Å². The molecule has 8 heteroatoms. The van der Waals surface area contributed by atoms with Crippen LogP contribution >= 0.6 is 0 Å². The van der Waals surface area contributed by atoms with Crippen molar-refractivity contribution in [1.82, 2.24) is 4.98 Å². The van der Waals surface area contributed by atoms with Crippen molar-refractivity contribution in [3.63, 3.8) is 0 Å². The molecular formula is C13H12N2O6. The van der Waals surface area contributed by atoms with E-state index in [9.17, 15) is 25.1 Å². The summed E-state index contributed by atoms with van der Waals surface area (Å²) in [5, 5.41) is 30.9. The Bertz CT molecular complexity index is 702. The number of methoxy groups -OCH3 is 1. The van der Waals surface area contributed by atoms with Crippen LogP contribution in [0.25, 0.3) is 10.9 Å². The minimum Gasteiger partial charge on any atom is -0.467 e. The Labute approximate surface area is 118 Å². The predicted molar refractivity (Wildman–Crippen MR) is 71.4 cm³/mol. The zero-order valence-corrected chi connectivity index (χ0v) is 11.0. The van der Waals surface area contributed by atoms with E-state index in [-0.39, 0.29) is 22.2 Å². The molecule has 0 aliphatic heterocycles. The van der Waals surface area contributed by atoms with Crippen LogP contribution in [0.4, 0.5) is 5.69 Å². The van der Waals surface area contributed by atoms with Crippen LogP contribution in [0, 0.1) is 10.1 Å². The highest BCUT2D eigenvalue weighted by Gasteiger charge is 2.29. The number of carbonyl (C=O) groups is 1. The van der Waals surface area contributed by atoms with Gasteiger partial charge in [-0.2, -0.15) is 0 Å². The van der Waals surface area contributed by atoms with Gasteiger partial charge in [0, 0.05) is 17.8 Å². The number of aliphatic hydroxyl groups is 2. The average Bonchev–Trinajstić information content (AvgIpc) is 2.51. The van der Waals surface area contributed by atoms with E-state index in [1.165, 1.54) is 30.5 Å². The molecule has 1 aromatic carbocycles. The Balaban J connectivity index is 2.58. The summed E-state index contributed by atoms with van der Waals surface area (Å²) in [6, 6.07) is 5.43. The van der Waals surface area contributed by atoms with Gasteiger partial charge in [0.15, 0.2) is 6.10 Å². The number of carbonyl (C=O) groups excluding carboxylic acids is 1. The van der Waals surface area contributed by atoms with Gasteiger partial charge in [-0.05, 0) is 18.2 Å². The molecule has 8 nitrogen and oxygen atoms in total. The zero-order chi connectivity index (χ0) is 15.6. The van der Waals surface area contributed by atoms with Crippen molar-refractivity contribution in [2.45, 2.75) is 12.2 Å². The number of nitro groups is 1. The molecule has 0 saturated heterocycles. The average molecular weight is 292 g/mol. The summed E-state index contributed by atoms with van der Waals surface area (Å²) in [5.41, 5.74) is 0.0675. The van der Waals surface area contributed by atoms with E-state index in [4.69, 9.17) is 0 Å². The first-order valence-corrected chi connectivity index (χ1v) is 5.93. The zero-order valence-electron chi connectivity index (χ0n) is 11.0. The molecule has 0 spiro atoms. The maximum atomic E-state index is 11.3. The van der Waals surface area contributed by atoms with Crippen molar-refractivity contribution >= 4 is 22.6 Å². The lowest BCUT2D eigenvalue weighted by atomic mass is 10.00. The molecule has 0 amide bonds. The smallest absolute Gasteiger partial charge is 0.337 e. The second kappa shape index (κ2) is 5.81. The number of hydrogen-bond donors (Lipinski definition) is 2. The van der Waals surface area contributed by atoms with E-state index < -0.39 is 23.1 Å². The van der Waals surface area contributed by atoms with Gasteiger partial charge in [0.25, 0.3) is 5.69 Å². The summed E-state index contributed by atoms with van der Waals surface area (Å²) in [6.07, 6.45) is -2.01. The molecule has 0 fully saturated rings. The fraction of sp³-hybridized carbons (Fsp3) is 0.231. The third-order valence-corrected chi connectivity index (χ3v) is 3.03. The van der Waals surface area contributed by atoms with Crippen LogP contribution in [0.1, 0.15) is 11.7 Å². The first kappa shape index (κ1) is 14.8. The van der Waals surface area contributed by atoms with Crippen LogP contribution in [0.15, 0.2) is 30.5 Å². The molecule has 0 bridgehead atoms. The minimum atomic E-state index is -1.80. The van der Waals surface area contributed by atoms with Crippen LogP contribution in [-0.2, 0) is 9.53 Å². The standard InChI is InChI=1S/C13H12N2O6/c1-21-13(18)12(17)11(16)8-4-5-9(15(19)20)7-3-2-6-14-10(7)8/h2-6,11-12,16-17H,1H3. The molecule has 0 radical (unpaired) electrons. The maximum absolute atomic E-state index is 11.3. The SMILES string of the molecule is COC(=O)C(O)C(O)c1ccc([N+](=O)[O-])c2cccnc12. The molecule has 2 rings (SSSR count). The van der Waals surface area contributed by atoms with Gasteiger partial charge < -0.3 is 14.9 Å². The number of hydrogen-bond acceptors (Lipinski definition) is 7. The monoisotopic (exact) mass is 292 g/mol. The van der Waals surface area contributed by atoms with Crippen molar-refractivity contribution < 1.29 is 24.7 Å². The van der Waals surface area contributed by atoms with E-state index in [1.807, 2.05) is 0 Å². The number of nitro benzene ring substituents is 1. The molecular weight excluding hydrogens is 280 g/mol. The van der Waals surface area contributed by atoms with Crippen molar-refractivity contribution in [2.24, 2.45) is 0 Å². The van der Waals surface area contributed by atoms with Gasteiger partial charge in [-0.15, -0.1) is 0 Å². The van der Waals surface area contributed by atoms with Gasteiger partial charge in [-0.3, -0.25) is 15.1 Å². The minimum absolute atomic E-state index is 0.106. The normalized spacial score (nSPS) is 13.7. The number of rotatable bonds is 4. The van der Waals surface area contributed by atoms with E-state index in [0.717, 1.165) is 7.11 Å². The molecule has 0 aliphatic carbocycles. The largest absolute Gasteiger partial charge is 0.467 e. The number of ether oxygens (including phenoxy) is 1. The quantitative estimate of drug-likeness (QED) is 0.483. The number of nitrogens with zero attached hydrogens (tertiary/aromatic N) is 2. The van der Waals surface area contributed by atoms with Crippen molar-refractivity contribution in [3.8, 4) is 0 Å². The van der Waals surface area contributed by atoms with E-state index >= 15 is 0 Å². The fourth-order valence-corrected chi connectivity index (χ4v) is 2.00. The second-order valence-corrected chi connectivity index (χ2v) is 4.24. The second-order valence-electron chi connectivity index (χ2n) is 4.24. The van der Waals surface area contributed by atoms with Crippen LogP contribution in [-0.4, -0.2) is 39.3 Å². The highest BCUT2D eigenvalue weighted by Crippen LogP contribution is 2.31. The highest BCUT2D eigenvalue weighted by molar-refractivity contribution is 5.91. The molecule has 1 aromatic heterocycles. The number of aliphatic hydroxyl groups excluding tert-OH is 2. The third kappa shape index (κ3) is 2.67. The number of non-ortho nitro benzene ring substituents is 1. The summed E-state index contributed by atoms with van der Waals surface area (Å²) < 4.78 is 4.35. The Morgan fingerprint density at radius 3 is 2.71 bits per heavy atom. The van der Waals surface area contributed by atoms with E-state index in [0.29, 0.717) is 0 Å². The number of aromatic nitrogens is 1. The molecule has 1 heterocycles. The lowest BCUT2D eigenvalue weighted by Crippen LogP contribution is -2.29. The fourth-order valence-electron chi connectivity index (χ4n) is 2.00. The summed E-state index contributed by atoms with van der Waals surface area (Å²) in [5.74, 6) is -1.01. The van der Waals surface area contributed by atoms with Gasteiger partial charge >= 0.3 is 5.97 Å². The van der Waals surface area contributed by atoms with Crippen LogP contribution in [0.2, 0.25) is 0 Å². The molecule has 2 atom stereocenters. The van der Waals surface area contributed by atoms with Crippen LogP contribution in [0.5, 0.6) is 0 Å². The third-order valence-electron chi connectivity index (χ3n) is 3.03. The first-order chi connectivity index (χ1) is 9.97. The Hall–Kier alpha value is -2.58. The van der Waals surface area contributed by atoms with Crippen LogP contribution in [0.3, 0.4) is 0 Å². The summed E-state index contributed by atoms with van der Waals surface area (Å²) in [4.78, 5) is 25.7. The number of pyridine rings is 1. The molecule has 0 saturated carbocycles.